The first kappa shape index (κ1) is 15.0. The summed E-state index contributed by atoms with van der Waals surface area (Å²) in [4.78, 5) is 26.6. The number of imide groups is 1. The van der Waals surface area contributed by atoms with E-state index in [1.807, 2.05) is 0 Å². The van der Waals surface area contributed by atoms with E-state index in [0.29, 0.717) is 19.4 Å². The van der Waals surface area contributed by atoms with Gasteiger partial charge in [-0.3, -0.25) is 14.5 Å². The van der Waals surface area contributed by atoms with Crippen LogP contribution in [-0.4, -0.2) is 35.0 Å². The van der Waals surface area contributed by atoms with Gasteiger partial charge >= 0.3 is 0 Å². The molecular formula is C17H27NO3. The minimum atomic E-state index is -0.220. The van der Waals surface area contributed by atoms with E-state index >= 15 is 0 Å². The lowest BCUT2D eigenvalue weighted by Gasteiger charge is -2.44. The summed E-state index contributed by atoms with van der Waals surface area (Å²) in [6.45, 7) is 0.534. The number of piperidine rings is 1. The molecule has 2 aliphatic carbocycles. The molecule has 3 rings (SSSR count). The zero-order chi connectivity index (χ0) is 14.9. The van der Waals surface area contributed by atoms with Crippen molar-refractivity contribution in [1.29, 1.82) is 0 Å². The van der Waals surface area contributed by atoms with Gasteiger partial charge in [0.2, 0.25) is 11.8 Å². The Bertz CT molecular complexity index is 400. The molecule has 3 fully saturated rings. The van der Waals surface area contributed by atoms with Gasteiger partial charge in [-0.15, -0.1) is 0 Å². The van der Waals surface area contributed by atoms with E-state index in [1.165, 1.54) is 11.3 Å². The third kappa shape index (κ3) is 2.87. The van der Waals surface area contributed by atoms with E-state index < -0.39 is 0 Å². The second kappa shape index (κ2) is 5.71. The molecule has 1 heterocycles. The van der Waals surface area contributed by atoms with Gasteiger partial charge in [0.05, 0.1) is 6.61 Å². The zero-order valence-corrected chi connectivity index (χ0v) is 12.9. The summed E-state index contributed by atoms with van der Waals surface area (Å²) in [5.41, 5.74) is -0.257. The second-order valence-corrected chi connectivity index (χ2v) is 7.65. The fourth-order valence-electron chi connectivity index (χ4n) is 4.69. The Kier molecular flexibility index (Phi) is 4.08. The highest BCUT2D eigenvalue weighted by atomic mass is 16.3. The largest absolute Gasteiger partial charge is 0.396 e. The Labute approximate surface area is 126 Å². The van der Waals surface area contributed by atoms with Crippen LogP contribution in [0.4, 0.5) is 0 Å². The van der Waals surface area contributed by atoms with Crippen LogP contribution in [0.1, 0.15) is 70.6 Å². The van der Waals surface area contributed by atoms with Crippen LogP contribution in [0.5, 0.6) is 0 Å². The smallest absolute Gasteiger partial charge is 0.229 e. The Morgan fingerprint density at radius 3 is 1.90 bits per heavy atom. The molecule has 1 spiro atoms. The number of nitrogens with zero attached hydrogens (tertiary/aromatic N) is 1. The lowest BCUT2D eigenvalue weighted by molar-refractivity contribution is -0.157. The van der Waals surface area contributed by atoms with Crippen molar-refractivity contribution >= 4 is 11.8 Å². The first-order chi connectivity index (χ1) is 10.1. The topological polar surface area (TPSA) is 57.6 Å². The predicted molar refractivity (Wildman–Crippen MR) is 79.5 cm³/mol. The molecular weight excluding hydrogens is 266 g/mol. The van der Waals surface area contributed by atoms with Gasteiger partial charge in [0, 0.05) is 24.8 Å². The average molecular weight is 293 g/mol. The van der Waals surface area contributed by atoms with Gasteiger partial charge in [-0.1, -0.05) is 32.1 Å². The van der Waals surface area contributed by atoms with Crippen LogP contribution in [0.3, 0.4) is 0 Å². The number of rotatable bonds is 3. The number of hydrogen-bond donors (Lipinski definition) is 1. The van der Waals surface area contributed by atoms with Crippen LogP contribution in [0.25, 0.3) is 0 Å². The first-order valence-corrected chi connectivity index (χ1v) is 8.52. The quantitative estimate of drug-likeness (QED) is 0.814. The van der Waals surface area contributed by atoms with Crippen molar-refractivity contribution in [1.82, 2.24) is 4.90 Å². The molecule has 1 N–H and O–H groups in total. The highest BCUT2D eigenvalue weighted by Crippen LogP contribution is 2.46. The van der Waals surface area contributed by atoms with E-state index in [-0.39, 0.29) is 29.3 Å². The van der Waals surface area contributed by atoms with Crippen LogP contribution < -0.4 is 0 Å². The van der Waals surface area contributed by atoms with Crippen LogP contribution in [-0.2, 0) is 9.59 Å². The molecule has 4 heteroatoms. The molecule has 0 bridgehead atoms. The third-order valence-electron chi connectivity index (χ3n) is 6.06. The van der Waals surface area contributed by atoms with Gasteiger partial charge in [-0.05, 0) is 31.1 Å². The molecule has 0 aromatic rings. The number of aliphatic hydroxyl groups is 1. The highest BCUT2D eigenvalue weighted by Gasteiger charge is 2.46. The molecule has 0 unspecified atom stereocenters. The number of carbonyl (C=O) groups is 2. The third-order valence-corrected chi connectivity index (χ3v) is 6.06. The minimum Gasteiger partial charge on any atom is -0.396 e. The van der Waals surface area contributed by atoms with Gasteiger partial charge in [0.25, 0.3) is 0 Å². The van der Waals surface area contributed by atoms with Crippen molar-refractivity contribution in [2.24, 2.45) is 10.8 Å². The summed E-state index contributed by atoms with van der Waals surface area (Å²) in [6.07, 6.45) is 10.8. The maximum absolute atomic E-state index is 12.5. The molecule has 0 radical (unpaired) electrons. The van der Waals surface area contributed by atoms with Crippen LogP contribution in [0, 0.1) is 10.8 Å². The van der Waals surface area contributed by atoms with Crippen molar-refractivity contribution in [2.75, 3.05) is 13.2 Å². The second-order valence-electron chi connectivity index (χ2n) is 7.65. The lowest BCUT2D eigenvalue weighted by atomic mass is 9.67. The first-order valence-electron chi connectivity index (χ1n) is 8.52. The molecule has 0 aromatic carbocycles. The van der Waals surface area contributed by atoms with Crippen molar-refractivity contribution < 1.29 is 14.7 Å². The molecule has 21 heavy (non-hydrogen) atoms. The van der Waals surface area contributed by atoms with Crippen LogP contribution in [0.2, 0.25) is 0 Å². The summed E-state index contributed by atoms with van der Waals surface area (Å²) in [5.74, 6) is 0.0146. The number of aliphatic hydroxyl groups excluding tert-OH is 1. The minimum absolute atomic E-state index is 0.00729. The fourth-order valence-corrected chi connectivity index (χ4v) is 4.69. The standard InChI is InChI=1S/C17H27NO3/c19-13-17(8-4-5-9-17)12-18-14(20)10-16(11-15(18)21)6-2-1-3-7-16/h19H,1-13H2. The molecule has 0 aromatic heterocycles. The number of carbonyl (C=O) groups excluding carboxylic acids is 2. The van der Waals surface area contributed by atoms with Gasteiger partial charge in [0.1, 0.15) is 0 Å². The van der Waals surface area contributed by atoms with Crippen LogP contribution >= 0.6 is 0 Å². The lowest BCUT2D eigenvalue weighted by Crippen LogP contribution is -2.52. The summed E-state index contributed by atoms with van der Waals surface area (Å²) >= 11 is 0. The summed E-state index contributed by atoms with van der Waals surface area (Å²) in [6, 6.07) is 0. The van der Waals surface area contributed by atoms with Crippen LogP contribution in [0.15, 0.2) is 0 Å². The summed E-state index contributed by atoms with van der Waals surface area (Å²) in [7, 11) is 0. The van der Waals surface area contributed by atoms with Gasteiger partial charge < -0.3 is 5.11 Å². The van der Waals surface area contributed by atoms with Gasteiger partial charge in [-0.2, -0.15) is 0 Å². The van der Waals surface area contributed by atoms with Crippen molar-refractivity contribution in [3.05, 3.63) is 0 Å². The Hall–Kier alpha value is -0.900. The summed E-state index contributed by atoms with van der Waals surface area (Å²) in [5, 5.41) is 9.71. The molecule has 1 aliphatic heterocycles. The van der Waals surface area contributed by atoms with Crippen molar-refractivity contribution in [3.63, 3.8) is 0 Å². The van der Waals surface area contributed by atoms with Crippen molar-refractivity contribution in [2.45, 2.75) is 70.6 Å². The monoisotopic (exact) mass is 293 g/mol. The molecule has 118 valence electrons. The van der Waals surface area contributed by atoms with Crippen molar-refractivity contribution in [3.8, 4) is 0 Å². The molecule has 3 aliphatic rings. The maximum atomic E-state index is 12.5. The maximum Gasteiger partial charge on any atom is 0.229 e. The van der Waals surface area contributed by atoms with E-state index in [4.69, 9.17) is 0 Å². The van der Waals surface area contributed by atoms with Gasteiger partial charge in [0.15, 0.2) is 0 Å². The fraction of sp³-hybridized carbons (Fsp3) is 0.882. The molecule has 0 atom stereocenters. The van der Waals surface area contributed by atoms with E-state index in [0.717, 1.165) is 51.4 Å². The average Bonchev–Trinajstić information content (AvgIpc) is 2.93. The Balaban J connectivity index is 1.70. The number of hydrogen-bond acceptors (Lipinski definition) is 3. The summed E-state index contributed by atoms with van der Waals surface area (Å²) < 4.78 is 0. The highest BCUT2D eigenvalue weighted by molar-refractivity contribution is 5.98. The normalized spacial score (nSPS) is 28.3. The molecule has 2 saturated carbocycles. The van der Waals surface area contributed by atoms with E-state index in [9.17, 15) is 14.7 Å². The zero-order valence-electron chi connectivity index (χ0n) is 12.9. The van der Waals surface area contributed by atoms with E-state index in [2.05, 4.69) is 0 Å². The van der Waals surface area contributed by atoms with Gasteiger partial charge in [-0.25, -0.2) is 0 Å². The molecule has 2 amide bonds. The van der Waals surface area contributed by atoms with E-state index in [1.54, 1.807) is 0 Å². The Morgan fingerprint density at radius 1 is 0.857 bits per heavy atom. The molecule has 1 saturated heterocycles. The Morgan fingerprint density at radius 2 is 1.38 bits per heavy atom. The number of likely N-dealkylation sites (tertiary alicyclic amines) is 1. The SMILES string of the molecule is O=C1CC2(CCCCC2)CC(=O)N1CC1(CO)CCCC1. The molecule has 4 nitrogen and oxygen atoms in total. The number of amides is 2. The predicted octanol–water partition coefficient (Wildman–Crippen LogP) is 2.64.